The van der Waals surface area contributed by atoms with Crippen LogP contribution in [0.1, 0.15) is 35.4 Å². The lowest BCUT2D eigenvalue weighted by molar-refractivity contribution is -0.402. The Morgan fingerprint density at radius 1 is 1.07 bits per heavy atom. The van der Waals surface area contributed by atoms with E-state index >= 15 is 0 Å². The van der Waals surface area contributed by atoms with Crippen molar-refractivity contribution in [3.05, 3.63) is 96.7 Å². The zero-order chi connectivity index (χ0) is 30.4. The Morgan fingerprint density at radius 3 is 2.33 bits per heavy atom. The predicted octanol–water partition coefficient (Wildman–Crippen LogP) is 5.88. The van der Waals surface area contributed by atoms with Crippen LogP contribution in [-0.4, -0.2) is 47.1 Å². The molecule has 1 aliphatic rings. The fourth-order valence-corrected chi connectivity index (χ4v) is 6.68. The minimum Gasteiger partial charge on any atom is -0.378 e. The largest absolute Gasteiger partial charge is 0.378 e. The molecule has 1 saturated heterocycles. The molecule has 1 amide bonds. The Bertz CT molecular complexity index is 1670. The monoisotopic (exact) mass is 652 g/mol. The Balaban J connectivity index is 0.000000952. The number of thiophene rings is 1. The number of hydrogen-bond acceptors (Lipinski definition) is 10. The van der Waals surface area contributed by atoms with Crippen LogP contribution in [0.3, 0.4) is 0 Å². The molecule has 2 aromatic carbocycles. The molecule has 0 atom stereocenters. The lowest BCUT2D eigenvalue weighted by Crippen LogP contribution is -2.45. The van der Waals surface area contributed by atoms with Gasteiger partial charge in [-0.05, 0) is 73.7 Å². The quantitative estimate of drug-likeness (QED) is 0.146. The molecule has 3 heterocycles. The average Bonchev–Trinajstić information content (AvgIpc) is 3.59. The van der Waals surface area contributed by atoms with Gasteiger partial charge in [0.15, 0.2) is 9.90 Å². The summed E-state index contributed by atoms with van der Waals surface area (Å²) in [6.07, 6.45) is 3.19. The van der Waals surface area contributed by atoms with Crippen LogP contribution in [0.5, 0.6) is 5.75 Å². The Hall–Kier alpha value is -3.69. The van der Waals surface area contributed by atoms with Gasteiger partial charge < -0.3 is 19.5 Å². The maximum Gasteiger partial charge on any atom is 0.348 e. The molecule has 4 aromatic rings. The van der Waals surface area contributed by atoms with E-state index in [1.165, 1.54) is 6.07 Å². The van der Waals surface area contributed by atoms with Gasteiger partial charge in [0.1, 0.15) is 11.6 Å². The van der Waals surface area contributed by atoms with E-state index in [4.69, 9.17) is 47.7 Å². The Labute approximate surface area is 255 Å². The number of halogens is 2. The number of amides is 1. The maximum absolute atomic E-state index is 13.3. The maximum atomic E-state index is 13.3. The van der Waals surface area contributed by atoms with Crippen molar-refractivity contribution in [3.63, 3.8) is 0 Å². The van der Waals surface area contributed by atoms with Crippen LogP contribution < -0.4 is 9.61 Å². The van der Waals surface area contributed by atoms with Gasteiger partial charge in [0.25, 0.3) is 5.91 Å². The third-order valence-corrected chi connectivity index (χ3v) is 9.30. The molecule has 1 N–H and O–H groups in total. The van der Waals surface area contributed by atoms with Gasteiger partial charge in [0, 0.05) is 29.4 Å². The number of nitrogens with one attached hydrogen (secondary N) is 1. The SMILES string of the molecule is Cc1c(C(=O)NN2CCCCC2)nc(-c2ccc(Cl)cc2Cl)n1-c1ccc(OS(=O)(=O)c2cccs2)cc1.O=[N+]([O-])[O-]. The van der Waals surface area contributed by atoms with Crippen LogP contribution in [0, 0.1) is 22.2 Å². The number of aromatic nitrogens is 2. The van der Waals surface area contributed by atoms with E-state index in [1.807, 2.05) is 5.01 Å². The van der Waals surface area contributed by atoms with Crippen molar-refractivity contribution >= 4 is 50.6 Å². The summed E-state index contributed by atoms with van der Waals surface area (Å²) in [6, 6.07) is 14.7. The van der Waals surface area contributed by atoms with Crippen LogP contribution in [0.4, 0.5) is 0 Å². The smallest absolute Gasteiger partial charge is 0.348 e. The molecule has 42 heavy (non-hydrogen) atoms. The highest BCUT2D eigenvalue weighted by Crippen LogP contribution is 2.34. The van der Waals surface area contributed by atoms with Gasteiger partial charge in [0.2, 0.25) is 0 Å². The van der Waals surface area contributed by atoms with Crippen LogP contribution >= 0.6 is 34.5 Å². The first-order valence-electron chi connectivity index (χ1n) is 12.5. The highest BCUT2D eigenvalue weighted by atomic mass is 35.5. The zero-order valence-corrected chi connectivity index (χ0v) is 25.2. The second-order valence-corrected chi connectivity index (χ2v) is 12.6. The molecule has 5 rings (SSSR count). The molecule has 0 bridgehead atoms. The van der Waals surface area contributed by atoms with Crippen LogP contribution in [-0.2, 0) is 10.1 Å². The molecule has 0 unspecified atom stereocenters. The summed E-state index contributed by atoms with van der Waals surface area (Å²) in [5, 5.41) is 19.2. The summed E-state index contributed by atoms with van der Waals surface area (Å²) in [4.78, 5) is 26.2. The van der Waals surface area contributed by atoms with Crippen molar-refractivity contribution in [2.45, 2.75) is 30.4 Å². The first-order chi connectivity index (χ1) is 20.0. The molecule has 0 spiro atoms. The van der Waals surface area contributed by atoms with Crippen LogP contribution in [0.15, 0.2) is 64.2 Å². The molecule has 1 fully saturated rings. The van der Waals surface area contributed by atoms with E-state index in [2.05, 4.69) is 5.43 Å². The highest BCUT2D eigenvalue weighted by molar-refractivity contribution is 7.89. The van der Waals surface area contributed by atoms with E-state index in [9.17, 15) is 13.2 Å². The molecule has 0 saturated carbocycles. The average molecular weight is 654 g/mol. The summed E-state index contributed by atoms with van der Waals surface area (Å²) in [5.41, 5.74) is 5.07. The number of hydrazine groups is 1. The lowest BCUT2D eigenvalue weighted by Gasteiger charge is -2.26. The first kappa shape index (κ1) is 31.3. The molecular weight excluding hydrogens is 629 g/mol. The van der Waals surface area contributed by atoms with Crippen molar-refractivity contribution in [2.75, 3.05) is 13.1 Å². The van der Waals surface area contributed by atoms with Crippen molar-refractivity contribution in [3.8, 4) is 22.8 Å². The second kappa shape index (κ2) is 13.5. The summed E-state index contributed by atoms with van der Waals surface area (Å²) < 4.78 is 32.3. The molecule has 222 valence electrons. The van der Waals surface area contributed by atoms with Crippen molar-refractivity contribution < 1.29 is 22.5 Å². The molecule has 1 aliphatic heterocycles. The van der Waals surface area contributed by atoms with E-state index in [0.29, 0.717) is 32.8 Å². The molecule has 12 nitrogen and oxygen atoms in total. The third-order valence-electron chi connectivity index (χ3n) is 6.15. The number of benzene rings is 2. The minimum atomic E-state index is -3.93. The molecule has 16 heteroatoms. The van der Waals surface area contributed by atoms with Gasteiger partial charge in [-0.2, -0.15) is 8.42 Å². The Kier molecular flexibility index (Phi) is 10.1. The molecule has 0 radical (unpaired) electrons. The van der Waals surface area contributed by atoms with Gasteiger partial charge in [-0.1, -0.05) is 35.7 Å². The van der Waals surface area contributed by atoms with E-state index in [-0.39, 0.29) is 21.6 Å². The molecule has 2 aromatic heterocycles. The molecular formula is C26H24Cl2N5O7S2-. The summed E-state index contributed by atoms with van der Waals surface area (Å²) >= 11 is 13.7. The number of hydrogen-bond donors (Lipinski definition) is 1. The normalized spacial score (nSPS) is 13.6. The number of carbonyl (C=O) groups is 1. The summed E-state index contributed by atoms with van der Waals surface area (Å²) in [6.45, 7) is 3.38. The minimum absolute atomic E-state index is 0.121. The van der Waals surface area contributed by atoms with Crippen molar-refractivity contribution in [1.82, 2.24) is 20.0 Å². The number of piperidine rings is 1. The lowest BCUT2D eigenvalue weighted by atomic mass is 10.2. The number of carbonyl (C=O) groups excluding carboxylic acids is 1. The standard InChI is InChI=1S/C26H24Cl2N4O4S2.NO3/c1-17-24(26(33)30-31-13-3-2-4-14-31)29-25(21-12-7-18(27)16-22(21)28)32(17)19-8-10-20(11-9-19)36-38(34,35)23-6-5-15-37-23;2-1(3)4/h5-12,15-16H,2-4,13-14H2,1H3,(H,30,33);/q;-1. The van der Waals surface area contributed by atoms with Gasteiger partial charge in [-0.15, -0.1) is 11.3 Å². The van der Waals surface area contributed by atoms with Gasteiger partial charge in [-0.25, -0.2) is 9.99 Å². The third kappa shape index (κ3) is 7.57. The first-order valence-corrected chi connectivity index (χ1v) is 15.5. The molecule has 0 aliphatic carbocycles. The Morgan fingerprint density at radius 2 is 1.74 bits per heavy atom. The van der Waals surface area contributed by atoms with E-state index in [0.717, 1.165) is 43.7 Å². The van der Waals surface area contributed by atoms with Crippen LogP contribution in [0.25, 0.3) is 17.1 Å². The number of imidazole rings is 1. The summed E-state index contributed by atoms with van der Waals surface area (Å²) in [7, 11) is -3.93. The van der Waals surface area contributed by atoms with E-state index < -0.39 is 15.2 Å². The topological polar surface area (TPSA) is 160 Å². The predicted molar refractivity (Wildman–Crippen MR) is 159 cm³/mol. The van der Waals surface area contributed by atoms with Gasteiger partial charge >= 0.3 is 10.1 Å². The highest BCUT2D eigenvalue weighted by Gasteiger charge is 2.25. The zero-order valence-electron chi connectivity index (χ0n) is 22.0. The van der Waals surface area contributed by atoms with Crippen LogP contribution in [0.2, 0.25) is 10.0 Å². The fraction of sp³-hybridized carbons (Fsp3) is 0.231. The van der Waals surface area contributed by atoms with E-state index in [1.54, 1.807) is 65.4 Å². The second-order valence-electron chi connectivity index (χ2n) is 9.00. The fourth-order valence-electron chi connectivity index (χ4n) is 4.31. The van der Waals surface area contributed by atoms with Crippen molar-refractivity contribution in [2.24, 2.45) is 0 Å². The van der Waals surface area contributed by atoms with Gasteiger partial charge in [-0.3, -0.25) is 14.8 Å². The summed E-state index contributed by atoms with van der Waals surface area (Å²) in [5.74, 6) is 0.304. The number of nitrogens with zero attached hydrogens (tertiary/aromatic N) is 4. The van der Waals surface area contributed by atoms with Crippen molar-refractivity contribution in [1.29, 1.82) is 0 Å². The number of rotatable bonds is 7. The van der Waals surface area contributed by atoms with Gasteiger partial charge in [0.05, 0.1) is 15.8 Å².